The zero-order valence-corrected chi connectivity index (χ0v) is 6.62. The van der Waals surface area contributed by atoms with Crippen molar-refractivity contribution in [1.82, 2.24) is 8.43 Å². The molecular formula is C4H5IN2O2. The van der Waals surface area contributed by atoms with Gasteiger partial charge in [0.2, 0.25) is 0 Å². The third kappa shape index (κ3) is 1.47. The molecule has 1 aliphatic rings. The Morgan fingerprint density at radius 1 is 1.89 bits per heavy atom. The van der Waals surface area contributed by atoms with Gasteiger partial charge in [-0.05, 0) is 6.08 Å². The molecule has 0 saturated carbocycles. The second kappa shape index (κ2) is 2.42. The van der Waals surface area contributed by atoms with Crippen LogP contribution >= 0.6 is 22.9 Å². The fraction of sp³-hybridized carbons (Fsp3) is 0.250. The van der Waals surface area contributed by atoms with Crippen LogP contribution in [0.5, 0.6) is 0 Å². The Balaban J connectivity index is 2.65. The Morgan fingerprint density at radius 3 is 3.00 bits per heavy atom. The van der Waals surface area contributed by atoms with Crippen LogP contribution in [0, 0.1) is 0 Å². The number of aliphatic hydroxyl groups excluding tert-OH is 1. The van der Waals surface area contributed by atoms with E-state index in [9.17, 15) is 4.79 Å². The molecule has 1 rings (SSSR count). The molecule has 0 fully saturated rings. The van der Waals surface area contributed by atoms with E-state index in [-0.39, 0.29) is 11.9 Å². The first kappa shape index (κ1) is 6.66. The highest BCUT2D eigenvalue weighted by Gasteiger charge is 2.14. The average Bonchev–Trinajstić information content (AvgIpc) is 1.80. The molecule has 2 amide bonds. The van der Waals surface area contributed by atoms with Crippen LogP contribution < -0.4 is 5.32 Å². The Morgan fingerprint density at radius 2 is 2.56 bits per heavy atom. The summed E-state index contributed by atoms with van der Waals surface area (Å²) in [5.74, 6) is -0.0621. The molecule has 0 saturated heterocycles. The molecule has 0 aromatic heterocycles. The Labute approximate surface area is 66.0 Å². The van der Waals surface area contributed by atoms with E-state index in [2.05, 4.69) is 5.32 Å². The lowest BCUT2D eigenvalue weighted by Gasteiger charge is -2.17. The number of carbonyl (C=O) groups excluding carboxylic acids is 1. The Bertz CT molecular complexity index is 168. The smallest absolute Gasteiger partial charge is 0.333 e. The van der Waals surface area contributed by atoms with Gasteiger partial charge < -0.3 is 5.11 Å². The van der Waals surface area contributed by atoms with Crippen LogP contribution in [0.3, 0.4) is 0 Å². The number of rotatable bonds is 0. The van der Waals surface area contributed by atoms with Gasteiger partial charge in [-0.3, -0.25) is 8.43 Å². The van der Waals surface area contributed by atoms with Crippen molar-refractivity contribution in [1.29, 1.82) is 0 Å². The third-order valence-corrected chi connectivity index (χ3v) is 1.73. The van der Waals surface area contributed by atoms with E-state index in [0.717, 1.165) is 0 Å². The molecule has 1 aliphatic heterocycles. The van der Waals surface area contributed by atoms with Gasteiger partial charge in [0.05, 0.1) is 29.4 Å². The largest absolute Gasteiger partial charge is 0.495 e. The van der Waals surface area contributed by atoms with Crippen LogP contribution in [0.4, 0.5) is 4.79 Å². The molecule has 50 valence electrons. The maximum absolute atomic E-state index is 10.6. The topological polar surface area (TPSA) is 52.6 Å². The van der Waals surface area contributed by atoms with Gasteiger partial charge in [-0.2, -0.15) is 0 Å². The lowest BCUT2D eigenvalue weighted by atomic mass is 10.5. The van der Waals surface area contributed by atoms with Crippen molar-refractivity contribution in [3.63, 3.8) is 0 Å². The van der Waals surface area contributed by atoms with Gasteiger partial charge in [-0.15, -0.1) is 0 Å². The second-order valence-corrected chi connectivity index (χ2v) is 2.73. The van der Waals surface area contributed by atoms with Gasteiger partial charge in [-0.25, -0.2) is 4.79 Å². The number of urea groups is 1. The predicted molar refractivity (Wildman–Crippen MR) is 40.0 cm³/mol. The standard InChI is InChI=1S/C4H5IN2O2/c5-7-2-1-3(8)6-4(7)9/h1,8H,2H2,(H,6,9). The summed E-state index contributed by atoms with van der Waals surface area (Å²) in [6.07, 6.45) is 1.52. The van der Waals surface area contributed by atoms with Gasteiger partial charge in [0.15, 0.2) is 5.88 Å². The van der Waals surface area contributed by atoms with Crippen molar-refractivity contribution in [2.24, 2.45) is 0 Å². The van der Waals surface area contributed by atoms with E-state index >= 15 is 0 Å². The van der Waals surface area contributed by atoms with Crippen molar-refractivity contribution < 1.29 is 9.90 Å². The highest BCUT2D eigenvalue weighted by atomic mass is 127. The van der Waals surface area contributed by atoms with Gasteiger partial charge >= 0.3 is 6.03 Å². The maximum Gasteiger partial charge on any atom is 0.333 e. The van der Waals surface area contributed by atoms with E-state index < -0.39 is 0 Å². The number of hydrogen-bond donors (Lipinski definition) is 2. The van der Waals surface area contributed by atoms with Gasteiger partial charge in [0.1, 0.15) is 0 Å². The van der Waals surface area contributed by atoms with Crippen LogP contribution in [-0.4, -0.2) is 20.8 Å². The minimum absolute atomic E-state index is 0.0621. The van der Waals surface area contributed by atoms with E-state index in [1.54, 1.807) is 0 Å². The number of carbonyl (C=O) groups is 1. The molecule has 4 nitrogen and oxygen atoms in total. The lowest BCUT2D eigenvalue weighted by Crippen LogP contribution is -2.37. The van der Waals surface area contributed by atoms with Crippen molar-refractivity contribution in [3.8, 4) is 0 Å². The molecule has 0 bridgehead atoms. The molecular weight excluding hydrogens is 235 g/mol. The molecule has 2 N–H and O–H groups in total. The maximum atomic E-state index is 10.6. The second-order valence-electron chi connectivity index (χ2n) is 1.56. The van der Waals surface area contributed by atoms with Crippen LogP contribution in [0.2, 0.25) is 0 Å². The molecule has 0 aromatic rings. The van der Waals surface area contributed by atoms with Crippen molar-refractivity contribution in [2.45, 2.75) is 0 Å². The van der Waals surface area contributed by atoms with Crippen molar-refractivity contribution in [2.75, 3.05) is 6.54 Å². The predicted octanol–water partition coefficient (Wildman–Crippen LogP) is 0.761. The molecule has 0 atom stereocenters. The van der Waals surface area contributed by atoms with Crippen LogP contribution in [0.25, 0.3) is 0 Å². The SMILES string of the molecule is O=C1NC(O)=CCN1I. The zero-order valence-electron chi connectivity index (χ0n) is 4.47. The van der Waals surface area contributed by atoms with Gasteiger partial charge in [0, 0.05) is 0 Å². The summed E-state index contributed by atoms with van der Waals surface area (Å²) in [5, 5.41) is 10.9. The van der Waals surface area contributed by atoms with Crippen LogP contribution in [0.1, 0.15) is 0 Å². The monoisotopic (exact) mass is 240 g/mol. The molecule has 0 spiro atoms. The summed E-state index contributed by atoms with van der Waals surface area (Å²) in [6, 6.07) is -0.282. The van der Waals surface area contributed by atoms with E-state index in [4.69, 9.17) is 5.11 Å². The van der Waals surface area contributed by atoms with Crippen LogP contribution in [-0.2, 0) is 0 Å². The molecule has 0 radical (unpaired) electrons. The van der Waals surface area contributed by atoms with Gasteiger partial charge in [0.25, 0.3) is 0 Å². The lowest BCUT2D eigenvalue weighted by molar-refractivity contribution is 0.222. The molecule has 0 aliphatic carbocycles. The van der Waals surface area contributed by atoms with E-state index in [0.29, 0.717) is 6.54 Å². The summed E-state index contributed by atoms with van der Waals surface area (Å²) >= 11 is 1.86. The fourth-order valence-electron chi connectivity index (χ4n) is 0.471. The van der Waals surface area contributed by atoms with E-state index in [1.807, 2.05) is 22.9 Å². The van der Waals surface area contributed by atoms with Crippen molar-refractivity contribution >= 4 is 28.9 Å². The molecule has 0 aromatic carbocycles. The van der Waals surface area contributed by atoms with Crippen molar-refractivity contribution in [3.05, 3.63) is 12.0 Å². The summed E-state index contributed by atoms with van der Waals surface area (Å²) in [4.78, 5) is 10.6. The average molecular weight is 240 g/mol. The zero-order chi connectivity index (χ0) is 6.85. The number of aliphatic hydroxyl groups is 1. The number of hydrogen-bond acceptors (Lipinski definition) is 2. The summed E-state index contributed by atoms with van der Waals surface area (Å²) in [6.45, 7) is 0.457. The highest BCUT2D eigenvalue weighted by molar-refractivity contribution is 14.1. The summed E-state index contributed by atoms with van der Waals surface area (Å²) in [7, 11) is 0. The molecule has 0 unspecified atom stereocenters. The summed E-state index contributed by atoms with van der Waals surface area (Å²) < 4.78 is 1.43. The summed E-state index contributed by atoms with van der Waals surface area (Å²) in [5.41, 5.74) is 0. The molecule has 5 heteroatoms. The van der Waals surface area contributed by atoms with Gasteiger partial charge in [-0.1, -0.05) is 0 Å². The minimum Gasteiger partial charge on any atom is -0.495 e. The fourth-order valence-corrected chi connectivity index (χ4v) is 0.788. The Kier molecular flexibility index (Phi) is 1.79. The first-order valence-electron chi connectivity index (χ1n) is 2.33. The first-order valence-corrected chi connectivity index (χ1v) is 3.30. The third-order valence-electron chi connectivity index (χ3n) is 0.900. The van der Waals surface area contributed by atoms with Crippen LogP contribution in [0.15, 0.2) is 12.0 Å². The molecule has 9 heavy (non-hydrogen) atoms. The minimum atomic E-state index is -0.282. The quantitative estimate of drug-likeness (QED) is 0.485. The Hall–Kier alpha value is -0.460. The number of amides is 2. The number of nitrogens with one attached hydrogen (secondary N) is 1. The normalized spacial score (nSPS) is 19.0. The highest BCUT2D eigenvalue weighted by Crippen LogP contribution is 2.04. The number of halogens is 1. The molecule has 1 heterocycles. The number of nitrogens with zero attached hydrogens (tertiary/aromatic N) is 1. The van der Waals surface area contributed by atoms with E-state index in [1.165, 1.54) is 9.19 Å². The first-order chi connectivity index (χ1) is 4.20.